The van der Waals surface area contributed by atoms with Crippen molar-refractivity contribution in [1.29, 1.82) is 0 Å². The molecule has 0 aliphatic heterocycles. The fraction of sp³-hybridized carbons (Fsp3) is 0.200. The minimum Gasteiger partial charge on any atom is -0.505 e. The summed E-state index contributed by atoms with van der Waals surface area (Å²) in [5.74, 6) is -0.120. The Kier molecular flexibility index (Phi) is 2.99. The maximum Gasteiger partial charge on any atom is 0.274 e. The highest BCUT2D eigenvalue weighted by Gasteiger charge is 2.12. The van der Waals surface area contributed by atoms with Crippen LogP contribution in [0.3, 0.4) is 0 Å². The van der Waals surface area contributed by atoms with Gasteiger partial charge in [-0.05, 0) is 12.1 Å². The second-order valence-corrected chi connectivity index (χ2v) is 3.39. The van der Waals surface area contributed by atoms with Gasteiger partial charge in [-0.3, -0.25) is 9.48 Å². The number of pyridine rings is 1. The molecule has 17 heavy (non-hydrogen) atoms. The number of rotatable bonds is 3. The van der Waals surface area contributed by atoms with Crippen LogP contribution in [0.15, 0.2) is 24.7 Å². The Hall–Kier alpha value is -2.44. The Balaban J connectivity index is 2.01. The molecule has 0 radical (unpaired) electrons. The lowest BCUT2D eigenvalue weighted by Crippen LogP contribution is -2.24. The number of carbonyl (C=O) groups is 1. The summed E-state index contributed by atoms with van der Waals surface area (Å²) < 4.78 is 1.54. The summed E-state index contributed by atoms with van der Waals surface area (Å²) in [5.41, 5.74) is -0.0107. The topological polar surface area (TPSA) is 92.9 Å². The highest BCUT2D eigenvalue weighted by molar-refractivity contribution is 5.94. The van der Waals surface area contributed by atoms with Crippen molar-refractivity contribution in [1.82, 2.24) is 25.1 Å². The van der Waals surface area contributed by atoms with Crippen LogP contribution in [-0.4, -0.2) is 30.8 Å². The zero-order valence-electron chi connectivity index (χ0n) is 9.16. The SMILES string of the molecule is Cn1cnc(CNC(=O)c2ncccc2O)n1. The molecule has 0 fully saturated rings. The van der Waals surface area contributed by atoms with E-state index in [2.05, 4.69) is 20.4 Å². The first-order valence-corrected chi connectivity index (χ1v) is 4.93. The lowest BCUT2D eigenvalue weighted by Gasteiger charge is -2.03. The molecule has 0 saturated carbocycles. The van der Waals surface area contributed by atoms with Gasteiger partial charge in [0.05, 0.1) is 6.54 Å². The van der Waals surface area contributed by atoms with Crippen LogP contribution >= 0.6 is 0 Å². The van der Waals surface area contributed by atoms with E-state index in [1.807, 2.05) is 0 Å². The van der Waals surface area contributed by atoms with Crippen LogP contribution in [0.2, 0.25) is 0 Å². The van der Waals surface area contributed by atoms with E-state index in [1.165, 1.54) is 12.3 Å². The summed E-state index contributed by atoms with van der Waals surface area (Å²) in [4.78, 5) is 19.4. The molecule has 0 atom stereocenters. The first kappa shape index (κ1) is 11.1. The first-order valence-electron chi connectivity index (χ1n) is 4.93. The molecule has 0 aliphatic carbocycles. The van der Waals surface area contributed by atoms with Gasteiger partial charge < -0.3 is 10.4 Å². The monoisotopic (exact) mass is 233 g/mol. The summed E-state index contributed by atoms with van der Waals surface area (Å²) in [6.45, 7) is 0.190. The molecule has 2 aromatic rings. The van der Waals surface area contributed by atoms with E-state index in [0.29, 0.717) is 5.82 Å². The largest absolute Gasteiger partial charge is 0.505 e. The molecule has 0 saturated heterocycles. The Bertz CT molecular complexity index is 537. The van der Waals surface area contributed by atoms with E-state index in [0.717, 1.165) is 0 Å². The molecule has 0 unspecified atom stereocenters. The van der Waals surface area contributed by atoms with E-state index in [-0.39, 0.29) is 18.0 Å². The number of hydrogen-bond donors (Lipinski definition) is 2. The Labute approximate surface area is 97.1 Å². The molecule has 2 heterocycles. The van der Waals surface area contributed by atoms with Gasteiger partial charge in [0.1, 0.15) is 12.1 Å². The molecule has 2 N–H and O–H groups in total. The summed E-state index contributed by atoms with van der Waals surface area (Å²) >= 11 is 0. The summed E-state index contributed by atoms with van der Waals surface area (Å²) in [5, 5.41) is 16.0. The van der Waals surface area contributed by atoms with Crippen molar-refractivity contribution in [3.63, 3.8) is 0 Å². The lowest BCUT2D eigenvalue weighted by molar-refractivity contribution is 0.0942. The molecule has 2 aromatic heterocycles. The van der Waals surface area contributed by atoms with Gasteiger partial charge in [-0.15, -0.1) is 0 Å². The van der Waals surface area contributed by atoms with Crippen molar-refractivity contribution in [2.45, 2.75) is 6.54 Å². The molecule has 7 nitrogen and oxygen atoms in total. The average Bonchev–Trinajstić information content (AvgIpc) is 2.73. The van der Waals surface area contributed by atoms with E-state index in [4.69, 9.17) is 0 Å². The Morgan fingerprint density at radius 2 is 2.35 bits per heavy atom. The zero-order valence-corrected chi connectivity index (χ0v) is 9.16. The van der Waals surface area contributed by atoms with Crippen LogP contribution in [0.1, 0.15) is 16.3 Å². The number of aromatic nitrogens is 4. The van der Waals surface area contributed by atoms with E-state index < -0.39 is 5.91 Å². The van der Waals surface area contributed by atoms with E-state index in [1.54, 1.807) is 24.1 Å². The third-order valence-corrected chi connectivity index (χ3v) is 2.06. The predicted molar refractivity (Wildman–Crippen MR) is 58.1 cm³/mol. The van der Waals surface area contributed by atoms with Crippen molar-refractivity contribution in [2.24, 2.45) is 7.05 Å². The minimum absolute atomic E-state index is 0.0107. The molecule has 0 bridgehead atoms. The average molecular weight is 233 g/mol. The second kappa shape index (κ2) is 4.60. The third-order valence-electron chi connectivity index (χ3n) is 2.06. The van der Waals surface area contributed by atoms with Crippen LogP contribution < -0.4 is 5.32 Å². The molecule has 0 spiro atoms. The van der Waals surface area contributed by atoms with Crippen LogP contribution in [0.25, 0.3) is 0 Å². The fourth-order valence-corrected chi connectivity index (χ4v) is 1.28. The molecule has 88 valence electrons. The van der Waals surface area contributed by atoms with Crippen molar-refractivity contribution in [2.75, 3.05) is 0 Å². The quantitative estimate of drug-likeness (QED) is 0.768. The molecular weight excluding hydrogens is 222 g/mol. The van der Waals surface area contributed by atoms with Gasteiger partial charge in [-0.2, -0.15) is 5.10 Å². The molecule has 7 heteroatoms. The molecule has 1 amide bonds. The van der Waals surface area contributed by atoms with E-state index in [9.17, 15) is 9.90 Å². The van der Waals surface area contributed by atoms with Crippen molar-refractivity contribution in [3.8, 4) is 5.75 Å². The number of hydrogen-bond acceptors (Lipinski definition) is 5. The first-order chi connectivity index (χ1) is 8.16. The van der Waals surface area contributed by atoms with Crippen LogP contribution in [-0.2, 0) is 13.6 Å². The van der Waals surface area contributed by atoms with Gasteiger partial charge in [-0.1, -0.05) is 0 Å². The number of nitrogens with one attached hydrogen (secondary N) is 1. The van der Waals surface area contributed by atoms with Crippen molar-refractivity contribution < 1.29 is 9.90 Å². The minimum atomic E-state index is -0.462. The fourth-order valence-electron chi connectivity index (χ4n) is 1.28. The van der Waals surface area contributed by atoms with E-state index >= 15 is 0 Å². The normalized spacial score (nSPS) is 10.2. The Morgan fingerprint density at radius 3 is 3.00 bits per heavy atom. The third kappa shape index (κ3) is 2.57. The van der Waals surface area contributed by atoms with Gasteiger partial charge >= 0.3 is 0 Å². The molecular formula is C10H11N5O2. The summed E-state index contributed by atoms with van der Waals surface area (Å²) in [7, 11) is 1.74. The maximum atomic E-state index is 11.6. The van der Waals surface area contributed by atoms with Crippen molar-refractivity contribution in [3.05, 3.63) is 36.2 Å². The predicted octanol–water partition coefficient (Wildman–Crippen LogP) is -0.154. The number of aryl methyl sites for hydroxylation is 1. The van der Waals surface area contributed by atoms with Crippen molar-refractivity contribution >= 4 is 5.91 Å². The molecule has 0 aromatic carbocycles. The highest BCUT2D eigenvalue weighted by Crippen LogP contribution is 2.11. The summed E-state index contributed by atoms with van der Waals surface area (Å²) in [6.07, 6.45) is 2.98. The van der Waals surface area contributed by atoms with Crippen LogP contribution in [0.4, 0.5) is 0 Å². The van der Waals surface area contributed by atoms with Gasteiger partial charge in [0.25, 0.3) is 5.91 Å². The summed E-state index contributed by atoms with van der Waals surface area (Å²) in [6, 6.07) is 2.95. The second-order valence-electron chi connectivity index (χ2n) is 3.39. The Morgan fingerprint density at radius 1 is 1.53 bits per heavy atom. The number of aromatic hydroxyl groups is 1. The molecule has 2 rings (SSSR count). The van der Waals surface area contributed by atoms with Gasteiger partial charge in [0.15, 0.2) is 11.5 Å². The number of amides is 1. The number of carbonyl (C=O) groups excluding carboxylic acids is 1. The zero-order chi connectivity index (χ0) is 12.3. The highest BCUT2D eigenvalue weighted by atomic mass is 16.3. The maximum absolute atomic E-state index is 11.6. The van der Waals surface area contributed by atoms with Gasteiger partial charge in [0, 0.05) is 13.2 Å². The van der Waals surface area contributed by atoms with Gasteiger partial charge in [-0.25, -0.2) is 9.97 Å². The smallest absolute Gasteiger partial charge is 0.274 e. The van der Waals surface area contributed by atoms with Crippen LogP contribution in [0.5, 0.6) is 5.75 Å². The molecule has 0 aliphatic rings. The van der Waals surface area contributed by atoms with Crippen LogP contribution in [0, 0.1) is 0 Å². The lowest BCUT2D eigenvalue weighted by atomic mass is 10.3. The standard InChI is InChI=1S/C10H11N5O2/c1-15-6-13-8(14-15)5-12-10(17)9-7(16)3-2-4-11-9/h2-4,6,16H,5H2,1H3,(H,12,17). The van der Waals surface area contributed by atoms with Gasteiger partial charge in [0.2, 0.25) is 0 Å². The number of nitrogens with zero attached hydrogens (tertiary/aromatic N) is 4.